The van der Waals surface area contributed by atoms with E-state index in [1.54, 1.807) is 35.0 Å². The fourth-order valence-corrected chi connectivity index (χ4v) is 3.29. The van der Waals surface area contributed by atoms with E-state index >= 15 is 0 Å². The summed E-state index contributed by atoms with van der Waals surface area (Å²) in [5, 5.41) is 12.0. The van der Waals surface area contributed by atoms with E-state index in [1.807, 2.05) is 25.1 Å². The minimum Gasteiger partial charge on any atom is -0.439 e. The minimum atomic E-state index is -0.268. The fourth-order valence-electron chi connectivity index (χ4n) is 2.95. The number of carbonyl (C=O) groups is 1. The van der Waals surface area contributed by atoms with Crippen LogP contribution < -0.4 is 15.4 Å². The summed E-state index contributed by atoms with van der Waals surface area (Å²) in [6, 6.07) is 14.6. The van der Waals surface area contributed by atoms with Crippen LogP contribution in [0.3, 0.4) is 0 Å². The summed E-state index contributed by atoms with van der Waals surface area (Å²) in [5.74, 6) is 0.729. The van der Waals surface area contributed by atoms with Gasteiger partial charge in [-0.1, -0.05) is 42.3 Å². The zero-order valence-corrected chi connectivity index (χ0v) is 19.3. The van der Waals surface area contributed by atoms with Crippen LogP contribution in [0, 0.1) is 0 Å². The summed E-state index contributed by atoms with van der Waals surface area (Å²) < 4.78 is 7.82. The van der Waals surface area contributed by atoms with Gasteiger partial charge < -0.3 is 15.4 Å². The Bertz CT molecular complexity index is 1030. The van der Waals surface area contributed by atoms with Gasteiger partial charge in [-0.25, -0.2) is 0 Å². The number of carbonyl (C=O) groups excluding carboxylic acids is 1. The highest BCUT2D eigenvalue weighted by Gasteiger charge is 2.26. The van der Waals surface area contributed by atoms with E-state index in [0.29, 0.717) is 51.7 Å². The normalized spacial score (nSPS) is 11.9. The van der Waals surface area contributed by atoms with Crippen LogP contribution in [0.1, 0.15) is 43.2 Å². The van der Waals surface area contributed by atoms with Crippen LogP contribution in [-0.4, -0.2) is 28.3 Å². The number of halogens is 2. The van der Waals surface area contributed by atoms with Gasteiger partial charge in [0, 0.05) is 24.2 Å². The number of para-hydroxylation sites is 1. The van der Waals surface area contributed by atoms with Crippen molar-refractivity contribution in [3.63, 3.8) is 0 Å². The van der Waals surface area contributed by atoms with Crippen LogP contribution in [0.25, 0.3) is 5.69 Å². The number of amides is 1. The quantitative estimate of drug-likeness (QED) is 0.435. The first kappa shape index (κ1) is 23.1. The number of ether oxygens (including phenoxy) is 1. The van der Waals surface area contributed by atoms with Crippen molar-refractivity contribution in [3.8, 4) is 17.3 Å². The Morgan fingerprint density at radius 2 is 1.84 bits per heavy atom. The van der Waals surface area contributed by atoms with E-state index in [0.717, 1.165) is 6.42 Å². The average Bonchev–Trinajstić information content (AvgIpc) is 3.12. The molecule has 3 aromatic rings. The van der Waals surface area contributed by atoms with Gasteiger partial charge in [-0.3, -0.25) is 4.79 Å². The molecule has 0 spiro atoms. The van der Waals surface area contributed by atoms with Crippen LogP contribution in [0.2, 0.25) is 10.0 Å². The molecule has 8 heteroatoms. The molecule has 2 N–H and O–H groups in total. The Morgan fingerprint density at radius 1 is 1.13 bits per heavy atom. The highest BCUT2D eigenvalue weighted by atomic mass is 35.5. The summed E-state index contributed by atoms with van der Waals surface area (Å²) in [6.07, 6.45) is 0.947. The zero-order valence-electron chi connectivity index (χ0n) is 17.8. The summed E-state index contributed by atoms with van der Waals surface area (Å²) >= 11 is 12.5. The summed E-state index contributed by atoms with van der Waals surface area (Å²) in [6.45, 7) is 6.95. The average molecular weight is 461 g/mol. The lowest BCUT2D eigenvalue weighted by Crippen LogP contribution is -2.28. The molecule has 6 nitrogen and oxygen atoms in total. The van der Waals surface area contributed by atoms with E-state index in [4.69, 9.17) is 27.9 Å². The van der Waals surface area contributed by atoms with Crippen molar-refractivity contribution in [2.75, 3.05) is 6.54 Å². The van der Waals surface area contributed by atoms with Crippen molar-refractivity contribution in [3.05, 3.63) is 69.8 Å². The van der Waals surface area contributed by atoms with Crippen LogP contribution in [0.4, 0.5) is 0 Å². The zero-order chi connectivity index (χ0) is 22.4. The highest BCUT2D eigenvalue weighted by molar-refractivity contribution is 6.32. The molecule has 3 rings (SSSR count). The van der Waals surface area contributed by atoms with E-state index in [9.17, 15) is 4.79 Å². The molecule has 2 aromatic carbocycles. The molecule has 1 amide bonds. The Morgan fingerprint density at radius 3 is 2.48 bits per heavy atom. The van der Waals surface area contributed by atoms with Crippen LogP contribution >= 0.6 is 23.2 Å². The molecule has 31 heavy (non-hydrogen) atoms. The second-order valence-electron chi connectivity index (χ2n) is 7.10. The second kappa shape index (κ2) is 10.7. The van der Waals surface area contributed by atoms with Gasteiger partial charge in [-0.15, -0.1) is 0 Å². The lowest BCUT2D eigenvalue weighted by molar-refractivity contribution is 0.0949. The van der Waals surface area contributed by atoms with Crippen LogP contribution in [0.15, 0.2) is 48.5 Å². The lowest BCUT2D eigenvalue weighted by Gasteiger charge is -2.15. The Labute approximate surface area is 192 Å². The molecule has 0 aliphatic carbocycles. The molecule has 1 unspecified atom stereocenters. The first-order chi connectivity index (χ1) is 14.9. The van der Waals surface area contributed by atoms with Crippen molar-refractivity contribution in [1.82, 2.24) is 20.4 Å². The van der Waals surface area contributed by atoms with Crippen molar-refractivity contribution < 1.29 is 9.53 Å². The number of benzene rings is 2. The number of aromatic nitrogens is 2. The Hall–Kier alpha value is -2.54. The van der Waals surface area contributed by atoms with Crippen molar-refractivity contribution in [1.29, 1.82) is 0 Å². The summed E-state index contributed by atoms with van der Waals surface area (Å²) in [4.78, 5) is 12.8. The first-order valence-corrected chi connectivity index (χ1v) is 11.0. The maximum absolute atomic E-state index is 12.8. The minimum absolute atomic E-state index is 0.258. The van der Waals surface area contributed by atoms with Crippen LogP contribution in [-0.2, 0) is 6.54 Å². The standard InChI is InChI=1S/C23H26Cl2N4O2/c1-4-15(3)27-14-18-21(22(30)26-5-2)28-29(20-9-7-6-8-19(20)25)23(18)31-17-12-10-16(24)11-13-17/h6-13,15,27H,4-5,14H2,1-3H3,(H,26,30). The van der Waals surface area contributed by atoms with Gasteiger partial charge in [0.05, 0.1) is 16.3 Å². The largest absolute Gasteiger partial charge is 0.439 e. The number of rotatable bonds is 9. The molecule has 0 radical (unpaired) electrons. The highest BCUT2D eigenvalue weighted by Crippen LogP contribution is 2.33. The summed E-state index contributed by atoms with van der Waals surface area (Å²) in [5.41, 5.74) is 1.57. The predicted octanol–water partition coefficient (Wildman–Crippen LogP) is 5.61. The molecule has 0 saturated carbocycles. The lowest BCUT2D eigenvalue weighted by atomic mass is 10.2. The number of nitrogens with zero attached hydrogens (tertiary/aromatic N) is 2. The maximum atomic E-state index is 12.8. The number of hydrogen-bond donors (Lipinski definition) is 2. The molecule has 164 valence electrons. The number of nitrogens with one attached hydrogen (secondary N) is 2. The second-order valence-corrected chi connectivity index (χ2v) is 7.94. The van der Waals surface area contributed by atoms with E-state index in [1.165, 1.54) is 0 Å². The molecular weight excluding hydrogens is 435 g/mol. The third-order valence-corrected chi connectivity index (χ3v) is 5.41. The summed E-state index contributed by atoms with van der Waals surface area (Å²) in [7, 11) is 0. The van der Waals surface area contributed by atoms with Gasteiger partial charge in [0.15, 0.2) is 5.69 Å². The maximum Gasteiger partial charge on any atom is 0.272 e. The van der Waals surface area contributed by atoms with E-state index in [-0.39, 0.29) is 11.9 Å². The number of hydrogen-bond acceptors (Lipinski definition) is 4. The van der Waals surface area contributed by atoms with Gasteiger partial charge >= 0.3 is 0 Å². The molecule has 0 fully saturated rings. The van der Waals surface area contributed by atoms with E-state index < -0.39 is 0 Å². The third-order valence-electron chi connectivity index (χ3n) is 4.84. The Kier molecular flexibility index (Phi) is 7.96. The monoisotopic (exact) mass is 460 g/mol. The molecule has 0 saturated heterocycles. The van der Waals surface area contributed by atoms with Gasteiger partial charge in [-0.05, 0) is 56.7 Å². The molecular formula is C23H26Cl2N4O2. The van der Waals surface area contributed by atoms with Crippen LogP contribution in [0.5, 0.6) is 11.6 Å². The molecule has 1 aromatic heterocycles. The van der Waals surface area contributed by atoms with Crippen molar-refractivity contribution >= 4 is 29.1 Å². The molecule has 1 atom stereocenters. The molecule has 0 aliphatic rings. The van der Waals surface area contributed by atoms with Crippen molar-refractivity contribution in [2.45, 2.75) is 39.8 Å². The van der Waals surface area contributed by atoms with Gasteiger partial charge in [-0.2, -0.15) is 9.78 Å². The topological polar surface area (TPSA) is 68.2 Å². The molecule has 0 aliphatic heterocycles. The van der Waals surface area contributed by atoms with Gasteiger partial charge in [0.2, 0.25) is 5.88 Å². The smallest absolute Gasteiger partial charge is 0.272 e. The SMILES string of the molecule is CCNC(=O)c1nn(-c2ccccc2Cl)c(Oc2ccc(Cl)cc2)c1CNC(C)CC. The van der Waals surface area contributed by atoms with Gasteiger partial charge in [0.1, 0.15) is 5.75 Å². The van der Waals surface area contributed by atoms with Crippen molar-refractivity contribution in [2.24, 2.45) is 0 Å². The fraction of sp³-hybridized carbons (Fsp3) is 0.304. The molecule has 1 heterocycles. The van der Waals surface area contributed by atoms with Gasteiger partial charge in [0.25, 0.3) is 5.91 Å². The first-order valence-electron chi connectivity index (χ1n) is 10.3. The predicted molar refractivity (Wildman–Crippen MR) is 125 cm³/mol. The molecule has 0 bridgehead atoms. The van der Waals surface area contributed by atoms with E-state index in [2.05, 4.69) is 29.6 Å². The Balaban J connectivity index is 2.16. The third kappa shape index (κ3) is 5.58.